The van der Waals surface area contributed by atoms with E-state index in [0.717, 1.165) is 31.2 Å². The predicted molar refractivity (Wildman–Crippen MR) is 143 cm³/mol. The van der Waals surface area contributed by atoms with Crippen LogP contribution in [-0.4, -0.2) is 35.4 Å². The number of rotatable bonds is 9. The Labute approximate surface area is 221 Å². The number of hydrogen-bond donors (Lipinski definition) is 4. The van der Waals surface area contributed by atoms with Crippen LogP contribution >= 0.6 is 12.2 Å². The molecular formula is C27H32N4O5S. The van der Waals surface area contributed by atoms with Crippen molar-refractivity contribution in [3.63, 3.8) is 0 Å². The second-order valence-corrected chi connectivity index (χ2v) is 9.22. The molecule has 0 heterocycles. The zero-order valence-electron chi connectivity index (χ0n) is 20.6. The summed E-state index contributed by atoms with van der Waals surface area (Å²) in [5.41, 5.74) is 6.88. The molecule has 3 amide bonds. The predicted octanol–water partition coefficient (Wildman–Crippen LogP) is 3.41. The molecule has 2 aromatic rings. The molecule has 4 N–H and O–H groups in total. The molecule has 9 nitrogen and oxygen atoms in total. The van der Waals surface area contributed by atoms with Crippen LogP contribution in [0.2, 0.25) is 0 Å². The fourth-order valence-corrected chi connectivity index (χ4v) is 4.10. The van der Waals surface area contributed by atoms with Crippen molar-refractivity contribution in [3.8, 4) is 0 Å². The van der Waals surface area contributed by atoms with Gasteiger partial charge in [-0.15, -0.1) is 0 Å². The number of benzene rings is 2. The van der Waals surface area contributed by atoms with Crippen molar-refractivity contribution in [2.75, 3.05) is 11.9 Å². The monoisotopic (exact) mass is 524 g/mol. The first-order valence-corrected chi connectivity index (χ1v) is 12.8. The Balaban J connectivity index is 1.30. The van der Waals surface area contributed by atoms with E-state index in [1.807, 2.05) is 30.3 Å². The van der Waals surface area contributed by atoms with Gasteiger partial charge in [0.1, 0.15) is 0 Å². The van der Waals surface area contributed by atoms with Crippen LogP contribution in [0.25, 0.3) is 0 Å². The first-order chi connectivity index (χ1) is 17.9. The van der Waals surface area contributed by atoms with Crippen LogP contribution in [-0.2, 0) is 25.5 Å². The van der Waals surface area contributed by atoms with Gasteiger partial charge in [-0.1, -0.05) is 49.6 Å². The van der Waals surface area contributed by atoms with Crippen LogP contribution in [0.3, 0.4) is 0 Å². The van der Waals surface area contributed by atoms with Crippen LogP contribution in [0.15, 0.2) is 54.6 Å². The number of hydrogen-bond acceptors (Lipinski definition) is 6. The first kappa shape index (κ1) is 27.8. The molecular weight excluding hydrogens is 492 g/mol. The van der Waals surface area contributed by atoms with E-state index in [0.29, 0.717) is 17.7 Å². The molecule has 0 unspecified atom stereocenters. The van der Waals surface area contributed by atoms with Crippen molar-refractivity contribution in [3.05, 3.63) is 65.7 Å². The fraction of sp³-hybridized carbons (Fsp3) is 0.370. The number of esters is 1. The minimum Gasteiger partial charge on any atom is -0.465 e. The lowest BCUT2D eigenvalue weighted by molar-refractivity contribution is -0.144. The van der Waals surface area contributed by atoms with Crippen LogP contribution in [0.4, 0.5) is 5.69 Å². The summed E-state index contributed by atoms with van der Waals surface area (Å²) < 4.78 is 5.14. The molecule has 196 valence electrons. The number of nitrogens with one attached hydrogen (secondary N) is 4. The lowest BCUT2D eigenvalue weighted by atomic mass is 9.88. The minimum absolute atomic E-state index is 0.0140. The quantitative estimate of drug-likeness (QED) is 0.225. The molecule has 1 saturated carbocycles. The van der Waals surface area contributed by atoms with Gasteiger partial charge in [0.05, 0.1) is 13.0 Å². The van der Waals surface area contributed by atoms with Crippen LogP contribution < -0.4 is 21.5 Å². The second-order valence-electron chi connectivity index (χ2n) is 8.81. The summed E-state index contributed by atoms with van der Waals surface area (Å²) in [6, 6.07) is 16.1. The fourth-order valence-electron chi connectivity index (χ4n) is 3.94. The third-order valence-corrected chi connectivity index (χ3v) is 6.19. The topological polar surface area (TPSA) is 126 Å². The highest BCUT2D eigenvalue weighted by molar-refractivity contribution is 7.80. The highest BCUT2D eigenvalue weighted by Crippen LogP contribution is 2.25. The summed E-state index contributed by atoms with van der Waals surface area (Å²) in [7, 11) is 0. The standard InChI is InChI=1S/C27H32N4O5S/c32-23(15-16-24(33)36-18-17-19-7-3-1-4-8-19)29-27(37)31-30-26(35)21-11-13-22(14-12-21)28-25(34)20-9-5-2-6-10-20/h1,3-4,7-8,11-14,20H,2,5-6,9-10,15-18H2,(H,28,34)(H,30,35)(H2,29,31,32,37). The molecule has 1 aliphatic rings. The van der Waals surface area contributed by atoms with Gasteiger partial charge in [0.25, 0.3) is 5.91 Å². The first-order valence-electron chi connectivity index (χ1n) is 12.4. The highest BCUT2D eigenvalue weighted by atomic mass is 32.1. The van der Waals surface area contributed by atoms with Crippen molar-refractivity contribution in [1.82, 2.24) is 16.2 Å². The number of anilines is 1. The molecule has 0 bridgehead atoms. The summed E-state index contributed by atoms with van der Waals surface area (Å²) in [5.74, 6) is -1.37. The normalized spacial score (nSPS) is 13.2. The Kier molecular flexibility index (Phi) is 11.0. The van der Waals surface area contributed by atoms with Crippen molar-refractivity contribution < 1.29 is 23.9 Å². The molecule has 0 atom stereocenters. The van der Waals surface area contributed by atoms with Gasteiger partial charge in [-0.05, 0) is 54.9 Å². The largest absolute Gasteiger partial charge is 0.465 e. The second kappa shape index (κ2) is 14.7. The third-order valence-electron chi connectivity index (χ3n) is 5.99. The van der Waals surface area contributed by atoms with Gasteiger partial charge in [0.2, 0.25) is 11.8 Å². The molecule has 0 aliphatic heterocycles. The Hall–Kier alpha value is -3.79. The maximum Gasteiger partial charge on any atom is 0.306 e. The Bertz CT molecular complexity index is 1090. The summed E-state index contributed by atoms with van der Waals surface area (Å²) in [6.07, 6.45) is 5.57. The average molecular weight is 525 g/mol. The molecule has 3 rings (SSSR count). The van der Waals surface area contributed by atoms with Gasteiger partial charge in [0, 0.05) is 30.0 Å². The van der Waals surface area contributed by atoms with Gasteiger partial charge in [-0.3, -0.25) is 30.0 Å². The molecule has 0 spiro atoms. The van der Waals surface area contributed by atoms with Gasteiger partial charge in [-0.2, -0.15) is 0 Å². The molecule has 1 aliphatic carbocycles. The lowest BCUT2D eigenvalue weighted by Gasteiger charge is -2.20. The van der Waals surface area contributed by atoms with E-state index < -0.39 is 17.8 Å². The van der Waals surface area contributed by atoms with E-state index >= 15 is 0 Å². The number of thiocarbonyl (C=S) groups is 1. The van der Waals surface area contributed by atoms with Gasteiger partial charge >= 0.3 is 5.97 Å². The summed E-state index contributed by atoms with van der Waals surface area (Å²) >= 11 is 5.01. The van der Waals surface area contributed by atoms with E-state index in [1.54, 1.807) is 24.3 Å². The molecule has 10 heteroatoms. The van der Waals surface area contributed by atoms with E-state index in [-0.39, 0.29) is 36.4 Å². The average Bonchev–Trinajstić information content (AvgIpc) is 2.92. The summed E-state index contributed by atoms with van der Waals surface area (Å²) in [5, 5.41) is 5.19. The smallest absolute Gasteiger partial charge is 0.306 e. The molecule has 0 radical (unpaired) electrons. The van der Waals surface area contributed by atoms with Crippen molar-refractivity contribution in [2.24, 2.45) is 5.92 Å². The SMILES string of the molecule is O=C(CCC(=O)OCCc1ccccc1)NC(=S)NNC(=O)c1ccc(NC(=O)C2CCCCC2)cc1. The Morgan fingerprint density at radius 3 is 2.27 bits per heavy atom. The Morgan fingerprint density at radius 2 is 1.57 bits per heavy atom. The summed E-state index contributed by atoms with van der Waals surface area (Å²) in [4.78, 5) is 48.5. The van der Waals surface area contributed by atoms with E-state index in [4.69, 9.17) is 17.0 Å². The van der Waals surface area contributed by atoms with Crippen LogP contribution in [0.1, 0.15) is 60.9 Å². The minimum atomic E-state index is -0.482. The molecule has 0 saturated heterocycles. The molecule has 0 aromatic heterocycles. The van der Waals surface area contributed by atoms with Gasteiger partial charge < -0.3 is 15.4 Å². The van der Waals surface area contributed by atoms with E-state index in [1.165, 1.54) is 6.42 Å². The number of amides is 3. The zero-order valence-corrected chi connectivity index (χ0v) is 21.4. The molecule has 2 aromatic carbocycles. The lowest BCUT2D eigenvalue weighted by Crippen LogP contribution is -2.48. The number of ether oxygens (including phenoxy) is 1. The van der Waals surface area contributed by atoms with Crippen LogP contribution in [0, 0.1) is 5.92 Å². The van der Waals surface area contributed by atoms with Gasteiger partial charge in [-0.25, -0.2) is 0 Å². The maximum atomic E-state index is 12.4. The molecule has 37 heavy (non-hydrogen) atoms. The van der Waals surface area contributed by atoms with Gasteiger partial charge in [0.15, 0.2) is 5.11 Å². The number of hydrazine groups is 1. The van der Waals surface area contributed by atoms with Crippen molar-refractivity contribution in [1.29, 1.82) is 0 Å². The Morgan fingerprint density at radius 1 is 0.865 bits per heavy atom. The highest BCUT2D eigenvalue weighted by Gasteiger charge is 2.21. The maximum absolute atomic E-state index is 12.4. The number of carbonyl (C=O) groups is 4. The summed E-state index contributed by atoms with van der Waals surface area (Å²) in [6.45, 7) is 0.240. The zero-order chi connectivity index (χ0) is 26.5. The van der Waals surface area contributed by atoms with E-state index in [9.17, 15) is 19.2 Å². The van der Waals surface area contributed by atoms with Crippen LogP contribution in [0.5, 0.6) is 0 Å². The molecule has 1 fully saturated rings. The van der Waals surface area contributed by atoms with Crippen molar-refractivity contribution >= 4 is 46.7 Å². The number of carbonyl (C=O) groups excluding carboxylic acids is 4. The third kappa shape index (κ3) is 10.0. The van der Waals surface area contributed by atoms with E-state index in [2.05, 4.69) is 21.5 Å². The van der Waals surface area contributed by atoms with Crippen molar-refractivity contribution in [2.45, 2.75) is 51.4 Å².